The van der Waals surface area contributed by atoms with Gasteiger partial charge in [0.1, 0.15) is 5.56 Å². The van der Waals surface area contributed by atoms with Gasteiger partial charge in [0, 0.05) is 6.20 Å². The van der Waals surface area contributed by atoms with Crippen LogP contribution in [0.4, 0.5) is 0 Å². The van der Waals surface area contributed by atoms with Crippen molar-refractivity contribution in [1.29, 1.82) is 0 Å². The number of aromatic carboxylic acids is 1. The quantitative estimate of drug-likeness (QED) is 0.814. The molecule has 0 aliphatic heterocycles. The minimum atomic E-state index is -1.75. The second-order valence-corrected chi connectivity index (χ2v) is 5.22. The Morgan fingerprint density at radius 3 is 2.62 bits per heavy atom. The number of aromatic nitrogens is 3. The number of pyridine rings is 1. The van der Waals surface area contributed by atoms with Gasteiger partial charge in [0.2, 0.25) is 0 Å². The second-order valence-electron chi connectivity index (χ2n) is 2.94. The van der Waals surface area contributed by atoms with E-state index in [9.17, 15) is 4.79 Å². The molecule has 0 atom stereocenters. The Bertz CT molecular complexity index is 561. The van der Waals surface area contributed by atoms with Crippen molar-refractivity contribution >= 4 is 46.4 Å². The van der Waals surface area contributed by atoms with Crippen molar-refractivity contribution in [2.45, 2.75) is 3.79 Å². The Balaban J connectivity index is 2.76. The van der Waals surface area contributed by atoms with Crippen LogP contribution >= 0.6 is 34.8 Å². The summed E-state index contributed by atoms with van der Waals surface area (Å²) >= 11 is 17.0. The van der Waals surface area contributed by atoms with Crippen LogP contribution in [0.3, 0.4) is 0 Å². The predicted octanol–water partition coefficient (Wildman–Crippen LogP) is 2.25. The average molecular weight is 280 g/mol. The normalized spacial score (nSPS) is 11.9. The zero-order chi connectivity index (χ0) is 11.9. The van der Waals surface area contributed by atoms with Gasteiger partial charge in [0.05, 0.1) is 0 Å². The second kappa shape index (κ2) is 3.76. The molecule has 0 fully saturated rings. The largest absolute Gasteiger partial charge is 0.478 e. The molecular weight excluding hydrogens is 276 g/mol. The molecule has 2 aromatic heterocycles. The maximum atomic E-state index is 10.9. The summed E-state index contributed by atoms with van der Waals surface area (Å²) < 4.78 is -0.424. The summed E-state index contributed by atoms with van der Waals surface area (Å²) in [4.78, 5) is 10.9. The number of carboxylic acids is 1. The maximum Gasteiger partial charge on any atom is 0.339 e. The molecule has 8 heteroatoms. The van der Waals surface area contributed by atoms with Crippen LogP contribution in [0.25, 0.3) is 5.65 Å². The van der Waals surface area contributed by atoms with Crippen LogP contribution in [0, 0.1) is 0 Å². The molecule has 16 heavy (non-hydrogen) atoms. The number of alkyl halides is 3. The number of hydrogen-bond donors (Lipinski definition) is 1. The topological polar surface area (TPSA) is 67.5 Å². The maximum absolute atomic E-state index is 10.9. The van der Waals surface area contributed by atoms with Gasteiger partial charge >= 0.3 is 5.97 Å². The molecule has 2 heterocycles. The van der Waals surface area contributed by atoms with Gasteiger partial charge in [-0.2, -0.15) is 0 Å². The number of carboxylic acid groups (broad SMARTS) is 1. The van der Waals surface area contributed by atoms with E-state index in [0.29, 0.717) is 0 Å². The molecule has 5 nitrogen and oxygen atoms in total. The third-order valence-electron chi connectivity index (χ3n) is 1.92. The van der Waals surface area contributed by atoms with Gasteiger partial charge in [-0.1, -0.05) is 34.8 Å². The lowest BCUT2D eigenvalue weighted by atomic mass is 10.3. The lowest BCUT2D eigenvalue weighted by Gasteiger charge is -2.07. The van der Waals surface area contributed by atoms with E-state index in [1.165, 1.54) is 22.7 Å². The summed E-state index contributed by atoms with van der Waals surface area (Å²) in [5.41, 5.74) is 0.131. The molecule has 0 radical (unpaired) electrons. The van der Waals surface area contributed by atoms with Gasteiger partial charge in [-0.05, 0) is 12.1 Å². The third-order valence-corrected chi connectivity index (χ3v) is 2.43. The van der Waals surface area contributed by atoms with E-state index in [1.807, 2.05) is 0 Å². The van der Waals surface area contributed by atoms with Crippen LogP contribution in [-0.4, -0.2) is 25.7 Å². The number of hydrogen-bond acceptors (Lipinski definition) is 3. The van der Waals surface area contributed by atoms with Crippen molar-refractivity contribution in [2.75, 3.05) is 0 Å². The zero-order valence-corrected chi connectivity index (χ0v) is 9.83. The van der Waals surface area contributed by atoms with Crippen LogP contribution in [0.5, 0.6) is 0 Å². The van der Waals surface area contributed by atoms with E-state index in [1.54, 1.807) is 0 Å². The molecular formula is C8H4Cl3N3O2. The van der Waals surface area contributed by atoms with E-state index in [-0.39, 0.29) is 17.0 Å². The van der Waals surface area contributed by atoms with Crippen molar-refractivity contribution in [3.8, 4) is 0 Å². The highest BCUT2D eigenvalue weighted by molar-refractivity contribution is 6.66. The van der Waals surface area contributed by atoms with E-state index in [0.717, 1.165) is 0 Å². The Labute approximate surface area is 105 Å². The van der Waals surface area contributed by atoms with Crippen molar-refractivity contribution in [2.24, 2.45) is 0 Å². The fourth-order valence-corrected chi connectivity index (χ4v) is 1.66. The first kappa shape index (κ1) is 11.4. The number of fused-ring (bicyclic) bond motifs is 1. The summed E-state index contributed by atoms with van der Waals surface area (Å²) in [6.07, 6.45) is 1.53. The van der Waals surface area contributed by atoms with Crippen molar-refractivity contribution in [1.82, 2.24) is 14.6 Å². The zero-order valence-electron chi connectivity index (χ0n) is 7.56. The molecule has 0 amide bonds. The van der Waals surface area contributed by atoms with E-state index < -0.39 is 9.76 Å². The SMILES string of the molecule is O=C(O)c1cccn2c(C(Cl)(Cl)Cl)nnc12. The molecule has 0 aromatic carbocycles. The van der Waals surface area contributed by atoms with E-state index in [2.05, 4.69) is 10.2 Å². The first-order valence-electron chi connectivity index (χ1n) is 4.05. The first-order chi connectivity index (χ1) is 7.41. The highest BCUT2D eigenvalue weighted by Crippen LogP contribution is 2.37. The molecule has 0 saturated heterocycles. The van der Waals surface area contributed by atoms with E-state index >= 15 is 0 Å². The van der Waals surface area contributed by atoms with Crippen LogP contribution in [-0.2, 0) is 3.79 Å². The van der Waals surface area contributed by atoms with Crippen molar-refractivity contribution in [3.05, 3.63) is 29.7 Å². The third kappa shape index (κ3) is 1.81. The van der Waals surface area contributed by atoms with Crippen LogP contribution < -0.4 is 0 Å². The average Bonchev–Trinajstić information content (AvgIpc) is 2.59. The van der Waals surface area contributed by atoms with Crippen LogP contribution in [0.2, 0.25) is 0 Å². The highest BCUT2D eigenvalue weighted by atomic mass is 35.6. The monoisotopic (exact) mass is 279 g/mol. The Morgan fingerprint density at radius 1 is 1.38 bits per heavy atom. The fraction of sp³-hybridized carbons (Fsp3) is 0.125. The van der Waals surface area contributed by atoms with Gasteiger partial charge in [0.25, 0.3) is 3.79 Å². The molecule has 2 aromatic rings. The molecule has 84 valence electrons. The highest BCUT2D eigenvalue weighted by Gasteiger charge is 2.30. The number of rotatable bonds is 1. The van der Waals surface area contributed by atoms with Gasteiger partial charge in [-0.25, -0.2) is 4.79 Å². The number of halogens is 3. The summed E-state index contributed by atoms with van der Waals surface area (Å²) in [6, 6.07) is 2.91. The molecule has 0 bridgehead atoms. The fourth-order valence-electron chi connectivity index (χ4n) is 1.28. The molecule has 0 aliphatic rings. The van der Waals surface area contributed by atoms with Crippen LogP contribution in [0.15, 0.2) is 18.3 Å². The Kier molecular flexibility index (Phi) is 2.69. The van der Waals surface area contributed by atoms with Gasteiger partial charge in [-0.3, -0.25) is 4.40 Å². The molecule has 0 unspecified atom stereocenters. The number of carbonyl (C=O) groups is 1. The van der Waals surface area contributed by atoms with Crippen LogP contribution in [0.1, 0.15) is 16.2 Å². The summed E-state index contributed by atoms with van der Waals surface area (Å²) in [5, 5.41) is 16.3. The molecule has 2 rings (SSSR count). The standard InChI is InChI=1S/C8H4Cl3N3O2/c9-8(10,11)7-13-12-5-4(6(15)16)2-1-3-14(5)7/h1-3H,(H,15,16). The number of nitrogens with zero attached hydrogens (tertiary/aromatic N) is 3. The minimum Gasteiger partial charge on any atom is -0.478 e. The van der Waals surface area contributed by atoms with Crippen molar-refractivity contribution < 1.29 is 9.90 Å². The van der Waals surface area contributed by atoms with Gasteiger partial charge < -0.3 is 5.11 Å². The minimum absolute atomic E-state index is 0.00417. The summed E-state index contributed by atoms with van der Waals surface area (Å²) in [5.74, 6) is -1.07. The Hall–Kier alpha value is -1.04. The molecule has 0 saturated carbocycles. The Morgan fingerprint density at radius 2 is 2.06 bits per heavy atom. The smallest absolute Gasteiger partial charge is 0.339 e. The summed E-state index contributed by atoms with van der Waals surface area (Å²) in [6.45, 7) is 0. The lowest BCUT2D eigenvalue weighted by molar-refractivity contribution is 0.0698. The van der Waals surface area contributed by atoms with Crippen molar-refractivity contribution in [3.63, 3.8) is 0 Å². The molecule has 0 aliphatic carbocycles. The first-order valence-corrected chi connectivity index (χ1v) is 5.19. The molecule has 1 N–H and O–H groups in total. The van der Waals surface area contributed by atoms with Gasteiger partial charge in [0.15, 0.2) is 11.5 Å². The predicted molar refractivity (Wildman–Crippen MR) is 59.2 cm³/mol. The summed E-state index contributed by atoms with van der Waals surface area (Å²) in [7, 11) is 0. The lowest BCUT2D eigenvalue weighted by Crippen LogP contribution is -2.08. The van der Waals surface area contributed by atoms with E-state index in [4.69, 9.17) is 39.9 Å². The molecule has 0 spiro atoms. The van der Waals surface area contributed by atoms with Gasteiger partial charge in [-0.15, -0.1) is 10.2 Å².